The average Bonchev–Trinajstić information content (AvgIpc) is 2.61. The summed E-state index contributed by atoms with van der Waals surface area (Å²) >= 11 is 9.64. The van der Waals surface area contributed by atoms with Crippen molar-refractivity contribution in [1.29, 1.82) is 0 Å². The molecule has 3 nitrogen and oxygen atoms in total. The lowest BCUT2D eigenvalue weighted by Crippen LogP contribution is -2.16. The van der Waals surface area contributed by atoms with Gasteiger partial charge in [-0.15, -0.1) is 0 Å². The van der Waals surface area contributed by atoms with Gasteiger partial charge >= 0.3 is 0 Å². The molecule has 0 radical (unpaired) electrons. The fourth-order valence-electron chi connectivity index (χ4n) is 2.23. The molecule has 1 heterocycles. The summed E-state index contributed by atoms with van der Waals surface area (Å²) in [5.41, 5.74) is 9.25. The predicted molar refractivity (Wildman–Crippen MR) is 82.6 cm³/mol. The highest BCUT2D eigenvalue weighted by Gasteiger charge is 2.17. The fraction of sp³-hybridized carbons (Fsp3) is 0.357. The van der Waals surface area contributed by atoms with Gasteiger partial charge in [-0.2, -0.15) is 5.10 Å². The van der Waals surface area contributed by atoms with Crippen LogP contribution in [0.4, 0.5) is 0 Å². The molecule has 1 atom stereocenters. The second-order valence-corrected chi connectivity index (χ2v) is 5.89. The van der Waals surface area contributed by atoms with Crippen molar-refractivity contribution in [3.63, 3.8) is 0 Å². The van der Waals surface area contributed by atoms with E-state index in [9.17, 15) is 0 Å². The second kappa shape index (κ2) is 6.07. The Morgan fingerprint density at radius 2 is 2.21 bits per heavy atom. The Morgan fingerprint density at radius 3 is 2.74 bits per heavy atom. The highest BCUT2D eigenvalue weighted by Crippen LogP contribution is 2.27. The smallest absolute Gasteiger partial charge is 0.0738 e. The molecule has 0 aliphatic rings. The largest absolute Gasteiger partial charge is 0.330 e. The molecule has 0 amide bonds. The summed E-state index contributed by atoms with van der Waals surface area (Å²) in [4.78, 5) is 0. The van der Waals surface area contributed by atoms with Gasteiger partial charge in [-0.1, -0.05) is 23.7 Å². The van der Waals surface area contributed by atoms with E-state index >= 15 is 0 Å². The maximum Gasteiger partial charge on any atom is 0.0738 e. The zero-order chi connectivity index (χ0) is 14.0. The lowest BCUT2D eigenvalue weighted by atomic mass is 9.94. The minimum Gasteiger partial charge on any atom is -0.330 e. The molecule has 2 aromatic rings. The van der Waals surface area contributed by atoms with Crippen molar-refractivity contribution < 1.29 is 0 Å². The third-order valence-electron chi connectivity index (χ3n) is 3.31. The molecular weight excluding hydrogens is 326 g/mol. The first-order chi connectivity index (χ1) is 9.02. The summed E-state index contributed by atoms with van der Waals surface area (Å²) < 4.78 is 2.97. The van der Waals surface area contributed by atoms with Crippen molar-refractivity contribution in [1.82, 2.24) is 9.78 Å². The van der Waals surface area contributed by atoms with Gasteiger partial charge in [-0.25, -0.2) is 0 Å². The van der Waals surface area contributed by atoms with E-state index in [-0.39, 0.29) is 5.92 Å². The molecule has 1 aromatic heterocycles. The Kier molecular flexibility index (Phi) is 4.66. The molecule has 0 spiro atoms. The molecule has 0 saturated heterocycles. The van der Waals surface area contributed by atoms with Gasteiger partial charge < -0.3 is 5.73 Å². The van der Waals surface area contributed by atoms with E-state index in [1.165, 1.54) is 5.56 Å². The number of hydrogen-bond acceptors (Lipinski definition) is 2. The van der Waals surface area contributed by atoms with Crippen molar-refractivity contribution in [2.45, 2.75) is 19.3 Å². The molecule has 19 heavy (non-hydrogen) atoms. The first-order valence-corrected chi connectivity index (χ1v) is 7.33. The maximum atomic E-state index is 6.05. The molecule has 0 bridgehead atoms. The summed E-state index contributed by atoms with van der Waals surface area (Å²) in [7, 11) is 1.96. The predicted octanol–water partition coefficient (Wildman–Crippen LogP) is 3.43. The fourth-order valence-corrected chi connectivity index (χ4v) is 2.93. The summed E-state index contributed by atoms with van der Waals surface area (Å²) in [5.74, 6) is 0.241. The number of nitrogens with zero attached hydrogens (tertiary/aromatic N) is 2. The van der Waals surface area contributed by atoms with E-state index in [2.05, 4.69) is 27.1 Å². The summed E-state index contributed by atoms with van der Waals surface area (Å²) in [6.45, 7) is 2.57. The Morgan fingerprint density at radius 1 is 1.47 bits per heavy atom. The molecule has 0 aliphatic heterocycles. The van der Waals surface area contributed by atoms with Crippen LogP contribution < -0.4 is 5.73 Å². The molecule has 0 fully saturated rings. The Labute approximate surface area is 126 Å². The molecule has 2 N–H and O–H groups in total. The van der Waals surface area contributed by atoms with E-state index in [4.69, 9.17) is 17.3 Å². The molecule has 1 unspecified atom stereocenters. The number of nitrogens with two attached hydrogens (primary N) is 1. The number of benzene rings is 1. The number of halogens is 2. The van der Waals surface area contributed by atoms with Crippen LogP contribution in [0, 0.1) is 6.92 Å². The molecule has 2 rings (SSSR count). The first-order valence-electron chi connectivity index (χ1n) is 6.16. The third kappa shape index (κ3) is 3.19. The zero-order valence-corrected chi connectivity index (χ0v) is 13.4. The highest BCUT2D eigenvalue weighted by atomic mass is 79.9. The van der Waals surface area contributed by atoms with Crippen molar-refractivity contribution in [3.05, 3.63) is 50.7 Å². The number of aryl methyl sites for hydroxylation is 2. The maximum absolute atomic E-state index is 6.05. The van der Waals surface area contributed by atoms with Crippen LogP contribution in [0.3, 0.4) is 0 Å². The van der Waals surface area contributed by atoms with Gasteiger partial charge in [0.1, 0.15) is 0 Å². The SMILES string of the molecule is Cc1nn(C)c(CC(CN)c2cccc(Cl)c2)c1Br. The quantitative estimate of drug-likeness (QED) is 0.925. The Balaban J connectivity index is 2.29. The van der Waals surface area contributed by atoms with Gasteiger partial charge in [0, 0.05) is 18.0 Å². The lowest BCUT2D eigenvalue weighted by molar-refractivity contribution is 0.627. The van der Waals surface area contributed by atoms with Crippen LogP contribution >= 0.6 is 27.5 Å². The normalized spacial score (nSPS) is 12.7. The standard InChI is InChI=1S/C14H17BrClN3/c1-9-14(15)13(19(2)18-9)7-11(8-17)10-4-3-5-12(16)6-10/h3-6,11H,7-8,17H2,1-2H3. The highest BCUT2D eigenvalue weighted by molar-refractivity contribution is 9.10. The van der Waals surface area contributed by atoms with Crippen molar-refractivity contribution in [2.24, 2.45) is 12.8 Å². The third-order valence-corrected chi connectivity index (χ3v) is 4.57. The van der Waals surface area contributed by atoms with Crippen molar-refractivity contribution in [2.75, 3.05) is 6.54 Å². The van der Waals surface area contributed by atoms with Gasteiger partial charge in [-0.05, 0) is 53.5 Å². The number of aromatic nitrogens is 2. The van der Waals surface area contributed by atoms with E-state index in [0.717, 1.165) is 27.3 Å². The summed E-state index contributed by atoms with van der Waals surface area (Å²) in [5, 5.41) is 5.16. The first kappa shape index (κ1) is 14.6. The second-order valence-electron chi connectivity index (χ2n) is 4.66. The summed E-state index contributed by atoms with van der Waals surface area (Å²) in [6.07, 6.45) is 0.842. The van der Waals surface area contributed by atoms with E-state index in [0.29, 0.717) is 6.54 Å². The zero-order valence-electron chi connectivity index (χ0n) is 11.0. The van der Waals surface area contributed by atoms with E-state index < -0.39 is 0 Å². The van der Waals surface area contributed by atoms with Crippen LogP contribution in [0.15, 0.2) is 28.7 Å². The summed E-state index contributed by atoms with van der Waals surface area (Å²) in [6, 6.07) is 7.89. The van der Waals surface area contributed by atoms with Crippen LogP contribution in [0.1, 0.15) is 22.9 Å². The Hall–Kier alpha value is -0.840. The monoisotopic (exact) mass is 341 g/mol. The van der Waals surface area contributed by atoms with Crippen LogP contribution in [0.5, 0.6) is 0 Å². The minimum atomic E-state index is 0.241. The van der Waals surface area contributed by atoms with E-state index in [1.807, 2.05) is 36.9 Å². The lowest BCUT2D eigenvalue weighted by Gasteiger charge is -2.16. The van der Waals surface area contributed by atoms with Crippen LogP contribution in [-0.4, -0.2) is 16.3 Å². The average molecular weight is 343 g/mol. The molecule has 1 aromatic carbocycles. The molecule has 5 heteroatoms. The van der Waals surface area contributed by atoms with Crippen molar-refractivity contribution in [3.8, 4) is 0 Å². The minimum absolute atomic E-state index is 0.241. The van der Waals surface area contributed by atoms with Gasteiger partial charge in [-0.3, -0.25) is 4.68 Å². The van der Waals surface area contributed by atoms with Crippen LogP contribution in [0.2, 0.25) is 5.02 Å². The van der Waals surface area contributed by atoms with Crippen molar-refractivity contribution >= 4 is 27.5 Å². The van der Waals surface area contributed by atoms with Gasteiger partial charge in [0.25, 0.3) is 0 Å². The molecule has 102 valence electrons. The molecule has 0 aliphatic carbocycles. The van der Waals surface area contributed by atoms with Gasteiger partial charge in [0.05, 0.1) is 15.9 Å². The van der Waals surface area contributed by atoms with Crippen LogP contribution in [-0.2, 0) is 13.5 Å². The Bertz CT molecular complexity index is 580. The van der Waals surface area contributed by atoms with Gasteiger partial charge in [0.2, 0.25) is 0 Å². The topological polar surface area (TPSA) is 43.8 Å². The van der Waals surface area contributed by atoms with Gasteiger partial charge in [0.15, 0.2) is 0 Å². The molecular formula is C14H17BrClN3. The van der Waals surface area contributed by atoms with Crippen LogP contribution in [0.25, 0.3) is 0 Å². The van der Waals surface area contributed by atoms with E-state index in [1.54, 1.807) is 0 Å². The molecule has 0 saturated carbocycles. The number of hydrogen-bond donors (Lipinski definition) is 1. The number of rotatable bonds is 4.